The first-order valence-corrected chi connectivity index (χ1v) is 8.52. The maximum atomic E-state index is 12.4. The fraction of sp³-hybridized carbons (Fsp3) is 0.412. The second-order valence-electron chi connectivity index (χ2n) is 6.04. The molecule has 0 bridgehead atoms. The first kappa shape index (κ1) is 15.0. The number of aromatic nitrogens is 1. The molecule has 1 N–H and O–H groups in total. The van der Waals surface area contributed by atoms with Crippen LogP contribution >= 0.6 is 11.3 Å². The van der Waals surface area contributed by atoms with E-state index in [1.54, 1.807) is 17.5 Å². The second-order valence-corrected chi connectivity index (χ2v) is 7.02. The molecule has 1 aromatic heterocycles. The van der Waals surface area contributed by atoms with Crippen molar-refractivity contribution < 1.29 is 4.79 Å². The van der Waals surface area contributed by atoms with Crippen LogP contribution in [0.2, 0.25) is 0 Å². The molecular weight excluding hydrogens is 294 g/mol. The van der Waals surface area contributed by atoms with Gasteiger partial charge in [0.25, 0.3) is 0 Å². The summed E-state index contributed by atoms with van der Waals surface area (Å²) in [5.41, 5.74) is 1.35. The lowest BCUT2D eigenvalue weighted by Gasteiger charge is -2.40. The van der Waals surface area contributed by atoms with E-state index in [-0.39, 0.29) is 11.4 Å². The molecule has 116 valence electrons. The van der Waals surface area contributed by atoms with E-state index >= 15 is 0 Å². The Balaban J connectivity index is 1.63. The summed E-state index contributed by atoms with van der Waals surface area (Å²) in [6, 6.07) is 10.5. The summed E-state index contributed by atoms with van der Waals surface area (Å²) in [5.74, 6) is 0. The molecule has 5 heteroatoms. The zero-order valence-corrected chi connectivity index (χ0v) is 13.6. The van der Waals surface area contributed by atoms with Gasteiger partial charge >= 0.3 is 6.03 Å². The van der Waals surface area contributed by atoms with Gasteiger partial charge in [0, 0.05) is 30.1 Å². The molecule has 0 saturated carbocycles. The Labute approximate surface area is 135 Å². The summed E-state index contributed by atoms with van der Waals surface area (Å²) in [6.07, 6.45) is 3.92. The first-order chi connectivity index (χ1) is 10.7. The summed E-state index contributed by atoms with van der Waals surface area (Å²) in [4.78, 5) is 18.5. The van der Waals surface area contributed by atoms with Crippen LogP contribution in [0.15, 0.2) is 41.9 Å². The molecule has 2 heterocycles. The fourth-order valence-electron chi connectivity index (χ4n) is 3.09. The number of carbonyl (C=O) groups excluding carboxylic acids is 1. The molecule has 2 amide bonds. The maximum absolute atomic E-state index is 12.4. The number of hydrogen-bond acceptors (Lipinski definition) is 3. The van der Waals surface area contributed by atoms with E-state index in [9.17, 15) is 4.79 Å². The van der Waals surface area contributed by atoms with Crippen molar-refractivity contribution in [3.8, 4) is 0 Å². The number of benzene rings is 1. The number of rotatable bonds is 3. The predicted octanol–water partition coefficient (Wildman–Crippen LogP) is 3.41. The fourth-order valence-corrected chi connectivity index (χ4v) is 3.65. The Morgan fingerprint density at radius 3 is 2.95 bits per heavy atom. The molecular formula is C17H21N3OS. The van der Waals surface area contributed by atoms with Crippen molar-refractivity contribution in [2.45, 2.75) is 31.7 Å². The van der Waals surface area contributed by atoms with Crippen molar-refractivity contribution in [1.29, 1.82) is 0 Å². The molecule has 0 radical (unpaired) electrons. The van der Waals surface area contributed by atoms with E-state index in [0.717, 1.165) is 30.9 Å². The molecule has 1 saturated heterocycles. The van der Waals surface area contributed by atoms with E-state index in [4.69, 9.17) is 0 Å². The minimum absolute atomic E-state index is 0.0112. The van der Waals surface area contributed by atoms with Crippen molar-refractivity contribution in [1.82, 2.24) is 15.2 Å². The van der Waals surface area contributed by atoms with E-state index < -0.39 is 0 Å². The highest BCUT2D eigenvalue weighted by atomic mass is 32.1. The number of likely N-dealkylation sites (tertiary alicyclic amines) is 1. The van der Waals surface area contributed by atoms with Crippen LogP contribution in [0.4, 0.5) is 4.79 Å². The lowest BCUT2D eigenvalue weighted by Crippen LogP contribution is -2.50. The average molecular weight is 315 g/mol. The Morgan fingerprint density at radius 1 is 1.41 bits per heavy atom. The van der Waals surface area contributed by atoms with Crippen LogP contribution < -0.4 is 5.32 Å². The van der Waals surface area contributed by atoms with Gasteiger partial charge < -0.3 is 10.2 Å². The molecule has 0 aliphatic carbocycles. The van der Waals surface area contributed by atoms with Gasteiger partial charge in [-0.15, -0.1) is 11.3 Å². The second kappa shape index (κ2) is 6.48. The van der Waals surface area contributed by atoms with Gasteiger partial charge in [0.1, 0.15) is 5.01 Å². The third kappa shape index (κ3) is 3.30. The molecule has 1 aliphatic rings. The van der Waals surface area contributed by atoms with Gasteiger partial charge in [-0.05, 0) is 18.4 Å². The normalized spacial score (nSPS) is 21.6. The number of carbonyl (C=O) groups is 1. The highest BCUT2D eigenvalue weighted by Gasteiger charge is 2.34. The number of urea groups is 1. The molecule has 1 aromatic carbocycles. The zero-order chi connectivity index (χ0) is 15.4. The Hall–Kier alpha value is -1.88. The van der Waals surface area contributed by atoms with Crippen molar-refractivity contribution >= 4 is 17.4 Å². The molecule has 0 spiro atoms. The number of thiazole rings is 1. The highest BCUT2D eigenvalue weighted by Crippen LogP contribution is 2.33. The third-order valence-corrected chi connectivity index (χ3v) is 5.11. The molecule has 2 aromatic rings. The maximum Gasteiger partial charge on any atom is 0.317 e. The SMILES string of the molecule is CC1(c2ccccc2)CCCN(C(=O)NCc2nccs2)C1. The first-order valence-electron chi connectivity index (χ1n) is 7.64. The van der Waals surface area contributed by atoms with Gasteiger partial charge in [-0.1, -0.05) is 37.3 Å². The summed E-state index contributed by atoms with van der Waals surface area (Å²) in [6.45, 7) is 4.35. The van der Waals surface area contributed by atoms with Crippen molar-refractivity contribution in [3.05, 3.63) is 52.5 Å². The van der Waals surface area contributed by atoms with Crippen molar-refractivity contribution in [3.63, 3.8) is 0 Å². The van der Waals surface area contributed by atoms with Crippen LogP contribution in [0.3, 0.4) is 0 Å². The summed E-state index contributed by atoms with van der Waals surface area (Å²) in [5, 5.41) is 5.85. The van der Waals surface area contributed by atoms with Gasteiger partial charge in [-0.25, -0.2) is 9.78 Å². The number of nitrogens with zero attached hydrogens (tertiary/aromatic N) is 2. The predicted molar refractivity (Wildman–Crippen MR) is 89.0 cm³/mol. The van der Waals surface area contributed by atoms with Gasteiger partial charge in [0.2, 0.25) is 0 Å². The van der Waals surface area contributed by atoms with E-state index in [2.05, 4.69) is 41.5 Å². The van der Waals surface area contributed by atoms with E-state index in [1.807, 2.05) is 16.3 Å². The van der Waals surface area contributed by atoms with Crippen LogP contribution in [0.25, 0.3) is 0 Å². The molecule has 1 fully saturated rings. The number of piperidine rings is 1. The highest BCUT2D eigenvalue weighted by molar-refractivity contribution is 7.09. The number of amides is 2. The minimum atomic E-state index is 0.0112. The van der Waals surface area contributed by atoms with Crippen molar-refractivity contribution in [2.75, 3.05) is 13.1 Å². The van der Waals surface area contributed by atoms with Crippen LogP contribution in [-0.4, -0.2) is 29.0 Å². The summed E-state index contributed by atoms with van der Waals surface area (Å²) >= 11 is 1.56. The van der Waals surface area contributed by atoms with Gasteiger partial charge in [-0.3, -0.25) is 0 Å². The van der Waals surface area contributed by atoms with Gasteiger partial charge in [0.15, 0.2) is 0 Å². The Morgan fingerprint density at radius 2 is 2.23 bits per heavy atom. The van der Waals surface area contributed by atoms with E-state index in [0.29, 0.717) is 6.54 Å². The van der Waals surface area contributed by atoms with Gasteiger partial charge in [0.05, 0.1) is 6.54 Å². The molecule has 22 heavy (non-hydrogen) atoms. The van der Waals surface area contributed by atoms with Crippen LogP contribution in [0.1, 0.15) is 30.3 Å². The molecule has 1 atom stereocenters. The van der Waals surface area contributed by atoms with Crippen LogP contribution in [0, 0.1) is 0 Å². The number of nitrogens with one attached hydrogen (secondary N) is 1. The number of hydrogen-bond donors (Lipinski definition) is 1. The average Bonchev–Trinajstić information content (AvgIpc) is 3.07. The monoisotopic (exact) mass is 315 g/mol. The minimum Gasteiger partial charge on any atom is -0.331 e. The quantitative estimate of drug-likeness (QED) is 0.943. The molecule has 1 aliphatic heterocycles. The lowest BCUT2D eigenvalue weighted by atomic mass is 9.76. The Bertz CT molecular complexity index is 614. The van der Waals surface area contributed by atoms with E-state index in [1.165, 1.54) is 5.56 Å². The third-order valence-electron chi connectivity index (χ3n) is 4.33. The topological polar surface area (TPSA) is 45.2 Å². The Kier molecular flexibility index (Phi) is 4.43. The molecule has 4 nitrogen and oxygen atoms in total. The smallest absolute Gasteiger partial charge is 0.317 e. The largest absolute Gasteiger partial charge is 0.331 e. The van der Waals surface area contributed by atoms with Crippen LogP contribution in [0.5, 0.6) is 0 Å². The molecule has 3 rings (SSSR count). The van der Waals surface area contributed by atoms with Crippen LogP contribution in [-0.2, 0) is 12.0 Å². The summed E-state index contributed by atoms with van der Waals surface area (Å²) in [7, 11) is 0. The lowest BCUT2D eigenvalue weighted by molar-refractivity contribution is 0.155. The zero-order valence-electron chi connectivity index (χ0n) is 12.8. The summed E-state index contributed by atoms with van der Waals surface area (Å²) < 4.78 is 0. The molecule has 1 unspecified atom stereocenters. The van der Waals surface area contributed by atoms with Crippen molar-refractivity contribution in [2.24, 2.45) is 0 Å². The van der Waals surface area contributed by atoms with Gasteiger partial charge in [-0.2, -0.15) is 0 Å². The standard InChI is InChI=1S/C17H21N3OS/c1-17(14-6-3-2-4-7-14)8-5-10-20(13-17)16(21)19-12-15-18-9-11-22-15/h2-4,6-7,9,11H,5,8,10,12-13H2,1H3,(H,19,21).